The van der Waals surface area contributed by atoms with E-state index in [0.717, 1.165) is 11.4 Å². The first-order chi connectivity index (χ1) is 12.8. The molecule has 27 heavy (non-hydrogen) atoms. The largest absolute Gasteiger partial charge is 0.340 e. The Hall–Kier alpha value is -2.15. The van der Waals surface area contributed by atoms with Crippen molar-refractivity contribution < 1.29 is 8.42 Å². The van der Waals surface area contributed by atoms with Crippen LogP contribution in [0.3, 0.4) is 0 Å². The molecule has 2 heterocycles. The third-order valence-corrected chi connectivity index (χ3v) is 6.69. The maximum Gasteiger partial charge on any atom is 0.227 e. The SMILES string of the molecule is CCN(c1nc(C)cc(Nc2ccc(C(C)C)cc2)n1)C1CCS(=O)(=O)C1. The normalized spacial score (nSPS) is 18.6. The van der Waals surface area contributed by atoms with Gasteiger partial charge in [0, 0.05) is 30.0 Å². The monoisotopic (exact) mass is 388 g/mol. The molecule has 0 saturated carbocycles. The Kier molecular flexibility index (Phi) is 5.69. The van der Waals surface area contributed by atoms with Crippen molar-refractivity contribution in [3.8, 4) is 0 Å². The van der Waals surface area contributed by atoms with Crippen molar-refractivity contribution in [1.82, 2.24) is 9.97 Å². The van der Waals surface area contributed by atoms with Gasteiger partial charge >= 0.3 is 0 Å². The van der Waals surface area contributed by atoms with Gasteiger partial charge in [-0.15, -0.1) is 0 Å². The molecule has 1 aromatic carbocycles. The number of benzene rings is 1. The van der Waals surface area contributed by atoms with Crippen LogP contribution in [0.2, 0.25) is 0 Å². The zero-order valence-corrected chi connectivity index (χ0v) is 17.3. The van der Waals surface area contributed by atoms with Crippen LogP contribution in [0.1, 0.15) is 44.4 Å². The number of nitrogens with one attached hydrogen (secondary N) is 1. The number of anilines is 3. The number of hydrogen-bond acceptors (Lipinski definition) is 6. The van der Waals surface area contributed by atoms with Crippen LogP contribution in [0.15, 0.2) is 30.3 Å². The number of aromatic nitrogens is 2. The second-order valence-electron chi connectivity index (χ2n) is 7.44. The topological polar surface area (TPSA) is 75.2 Å². The van der Waals surface area contributed by atoms with Gasteiger partial charge in [-0.25, -0.2) is 13.4 Å². The van der Waals surface area contributed by atoms with Crippen LogP contribution in [-0.4, -0.2) is 42.5 Å². The molecule has 3 rings (SSSR count). The van der Waals surface area contributed by atoms with Crippen LogP contribution in [-0.2, 0) is 9.84 Å². The molecule has 1 fully saturated rings. The average Bonchev–Trinajstić information content (AvgIpc) is 2.95. The Morgan fingerprint density at radius 2 is 1.93 bits per heavy atom. The fraction of sp³-hybridized carbons (Fsp3) is 0.500. The van der Waals surface area contributed by atoms with E-state index in [9.17, 15) is 8.42 Å². The predicted octanol–water partition coefficient (Wildman–Crippen LogP) is 3.67. The third kappa shape index (κ3) is 4.77. The Balaban J connectivity index is 1.83. The third-order valence-electron chi connectivity index (χ3n) is 4.94. The summed E-state index contributed by atoms with van der Waals surface area (Å²) in [6.45, 7) is 8.95. The zero-order chi connectivity index (χ0) is 19.6. The lowest BCUT2D eigenvalue weighted by Crippen LogP contribution is -2.37. The van der Waals surface area contributed by atoms with Crippen molar-refractivity contribution in [1.29, 1.82) is 0 Å². The lowest BCUT2D eigenvalue weighted by Gasteiger charge is -2.27. The van der Waals surface area contributed by atoms with Gasteiger partial charge in [-0.1, -0.05) is 26.0 Å². The summed E-state index contributed by atoms with van der Waals surface area (Å²) in [6, 6.07) is 10.2. The molecule has 1 atom stereocenters. The highest BCUT2D eigenvalue weighted by Gasteiger charge is 2.33. The molecule has 7 heteroatoms. The quantitative estimate of drug-likeness (QED) is 0.814. The van der Waals surface area contributed by atoms with E-state index in [4.69, 9.17) is 0 Å². The van der Waals surface area contributed by atoms with Gasteiger partial charge in [0.05, 0.1) is 11.5 Å². The van der Waals surface area contributed by atoms with Gasteiger partial charge in [0.2, 0.25) is 5.95 Å². The minimum Gasteiger partial charge on any atom is -0.340 e. The second kappa shape index (κ2) is 7.84. The lowest BCUT2D eigenvalue weighted by molar-refractivity contribution is 0.599. The number of sulfone groups is 1. The number of aryl methyl sites for hydroxylation is 1. The van der Waals surface area contributed by atoms with Crippen molar-refractivity contribution in [2.75, 3.05) is 28.3 Å². The summed E-state index contributed by atoms with van der Waals surface area (Å²) in [7, 11) is -2.95. The van der Waals surface area contributed by atoms with Crippen molar-refractivity contribution in [3.05, 3.63) is 41.6 Å². The van der Waals surface area contributed by atoms with Crippen LogP contribution >= 0.6 is 0 Å². The van der Waals surface area contributed by atoms with E-state index < -0.39 is 9.84 Å². The number of rotatable bonds is 6. The van der Waals surface area contributed by atoms with Crippen LogP contribution in [0.4, 0.5) is 17.5 Å². The maximum absolute atomic E-state index is 11.9. The van der Waals surface area contributed by atoms with E-state index in [-0.39, 0.29) is 17.5 Å². The summed E-state index contributed by atoms with van der Waals surface area (Å²) in [5.41, 5.74) is 3.11. The van der Waals surface area contributed by atoms with Gasteiger partial charge in [-0.2, -0.15) is 4.98 Å². The van der Waals surface area contributed by atoms with Gasteiger partial charge in [0.25, 0.3) is 0 Å². The molecule has 0 amide bonds. The van der Waals surface area contributed by atoms with Gasteiger partial charge in [-0.3, -0.25) is 0 Å². The summed E-state index contributed by atoms with van der Waals surface area (Å²) in [5.74, 6) is 2.22. The van der Waals surface area contributed by atoms with Crippen molar-refractivity contribution in [3.63, 3.8) is 0 Å². The molecule has 1 N–H and O–H groups in total. The highest BCUT2D eigenvalue weighted by atomic mass is 32.2. The van der Waals surface area contributed by atoms with Crippen LogP contribution in [0, 0.1) is 6.92 Å². The summed E-state index contributed by atoms with van der Waals surface area (Å²) in [4.78, 5) is 11.2. The molecule has 2 aromatic rings. The fourth-order valence-electron chi connectivity index (χ4n) is 3.43. The van der Waals surface area contributed by atoms with Gasteiger partial charge in [-0.05, 0) is 43.9 Å². The molecular weight excluding hydrogens is 360 g/mol. The molecule has 6 nitrogen and oxygen atoms in total. The first kappa shape index (κ1) is 19.6. The van der Waals surface area contributed by atoms with Crippen molar-refractivity contribution in [2.24, 2.45) is 0 Å². The Labute approximate surface area is 162 Å². The van der Waals surface area contributed by atoms with E-state index in [2.05, 4.69) is 41.3 Å². The number of hydrogen-bond donors (Lipinski definition) is 1. The smallest absolute Gasteiger partial charge is 0.227 e. The Bertz CT molecular complexity index is 895. The molecule has 1 aliphatic heterocycles. The molecule has 0 aliphatic carbocycles. The Morgan fingerprint density at radius 3 is 2.48 bits per heavy atom. The molecule has 0 bridgehead atoms. The molecular formula is C20H28N4O2S. The standard InChI is InChI=1S/C20H28N4O2S/c1-5-24(18-10-11-27(25,26)13-18)20-21-15(4)12-19(23-20)22-17-8-6-16(7-9-17)14(2)3/h6-9,12,14,18H,5,10-11,13H2,1-4H3,(H,21,22,23). The van der Waals surface area contributed by atoms with Crippen LogP contribution in [0.25, 0.3) is 0 Å². The van der Waals surface area contributed by atoms with Gasteiger partial charge in [0.15, 0.2) is 9.84 Å². The van der Waals surface area contributed by atoms with E-state index in [0.29, 0.717) is 30.6 Å². The molecule has 146 valence electrons. The molecule has 1 aliphatic rings. The maximum atomic E-state index is 11.9. The minimum atomic E-state index is -2.95. The molecule has 0 radical (unpaired) electrons. The molecule has 1 aromatic heterocycles. The first-order valence-corrected chi connectivity index (χ1v) is 11.3. The Morgan fingerprint density at radius 1 is 1.22 bits per heavy atom. The predicted molar refractivity (Wildman–Crippen MR) is 111 cm³/mol. The van der Waals surface area contributed by atoms with Crippen LogP contribution in [0.5, 0.6) is 0 Å². The minimum absolute atomic E-state index is 0.0556. The summed E-state index contributed by atoms with van der Waals surface area (Å²) >= 11 is 0. The van der Waals surface area contributed by atoms with Gasteiger partial charge < -0.3 is 10.2 Å². The molecule has 0 spiro atoms. The van der Waals surface area contributed by atoms with Crippen LogP contribution < -0.4 is 10.2 Å². The summed E-state index contributed by atoms with van der Waals surface area (Å²) in [5, 5.41) is 3.34. The summed E-state index contributed by atoms with van der Waals surface area (Å²) < 4.78 is 23.7. The van der Waals surface area contributed by atoms with Gasteiger partial charge in [0.1, 0.15) is 5.82 Å². The fourth-order valence-corrected chi connectivity index (χ4v) is 5.16. The zero-order valence-electron chi connectivity index (χ0n) is 16.4. The average molecular weight is 389 g/mol. The highest BCUT2D eigenvalue weighted by molar-refractivity contribution is 7.91. The second-order valence-corrected chi connectivity index (χ2v) is 9.67. The van der Waals surface area contributed by atoms with E-state index in [1.807, 2.05) is 36.9 Å². The molecule has 1 unspecified atom stereocenters. The van der Waals surface area contributed by atoms with E-state index in [1.54, 1.807) is 0 Å². The first-order valence-electron chi connectivity index (χ1n) is 9.47. The highest BCUT2D eigenvalue weighted by Crippen LogP contribution is 2.25. The van der Waals surface area contributed by atoms with Crippen molar-refractivity contribution in [2.45, 2.75) is 46.1 Å². The number of nitrogens with zero attached hydrogens (tertiary/aromatic N) is 3. The lowest BCUT2D eigenvalue weighted by atomic mass is 10.0. The molecule has 1 saturated heterocycles. The van der Waals surface area contributed by atoms with E-state index in [1.165, 1.54) is 5.56 Å². The van der Waals surface area contributed by atoms with Crippen molar-refractivity contribution >= 4 is 27.3 Å². The van der Waals surface area contributed by atoms with E-state index >= 15 is 0 Å². The summed E-state index contributed by atoms with van der Waals surface area (Å²) in [6.07, 6.45) is 0.632.